The molecule has 1 unspecified atom stereocenters. The van der Waals surface area contributed by atoms with Crippen molar-refractivity contribution in [3.05, 3.63) is 28.7 Å². The van der Waals surface area contributed by atoms with Gasteiger partial charge in [0.1, 0.15) is 6.54 Å². The minimum Gasteiger partial charge on any atom is -0.357 e. The summed E-state index contributed by atoms with van der Waals surface area (Å²) in [4.78, 5) is 8.68. The minimum atomic E-state index is 0. The molecule has 0 amide bonds. The van der Waals surface area contributed by atoms with Gasteiger partial charge < -0.3 is 15.2 Å². The van der Waals surface area contributed by atoms with Crippen LogP contribution >= 0.6 is 24.0 Å². The molecule has 0 spiro atoms. The molecule has 8 nitrogen and oxygen atoms in total. The summed E-state index contributed by atoms with van der Waals surface area (Å²) in [6.45, 7) is 11.3. The summed E-state index contributed by atoms with van der Waals surface area (Å²) in [6, 6.07) is 0.219. The van der Waals surface area contributed by atoms with Crippen LogP contribution in [0.2, 0.25) is 0 Å². The normalized spacial score (nSPS) is 12.6. The summed E-state index contributed by atoms with van der Waals surface area (Å²) >= 11 is 0. The highest BCUT2D eigenvalue weighted by Crippen LogP contribution is 2.14. The predicted molar refractivity (Wildman–Crippen MR) is 108 cm³/mol. The van der Waals surface area contributed by atoms with Gasteiger partial charge >= 0.3 is 0 Å². The third kappa shape index (κ3) is 5.98. The second-order valence-corrected chi connectivity index (χ2v) is 5.95. The highest BCUT2D eigenvalue weighted by atomic mass is 127. The van der Waals surface area contributed by atoms with Crippen LogP contribution in [0.5, 0.6) is 0 Å². The molecule has 0 aromatic carbocycles. The number of halogens is 1. The molecule has 2 aromatic heterocycles. The zero-order valence-corrected chi connectivity index (χ0v) is 18.1. The Labute approximate surface area is 165 Å². The van der Waals surface area contributed by atoms with Gasteiger partial charge in [0.2, 0.25) is 5.89 Å². The molecule has 0 aliphatic rings. The Morgan fingerprint density at radius 2 is 2.04 bits per heavy atom. The summed E-state index contributed by atoms with van der Waals surface area (Å²) in [5.74, 6) is 1.87. The average molecular weight is 461 g/mol. The number of aromatic nitrogens is 4. The fourth-order valence-electron chi connectivity index (χ4n) is 2.58. The fourth-order valence-corrected chi connectivity index (χ4v) is 2.58. The topological polar surface area (TPSA) is 93.2 Å². The third-order valence-corrected chi connectivity index (χ3v) is 3.84. The number of hydrogen-bond acceptors (Lipinski definition) is 5. The van der Waals surface area contributed by atoms with Gasteiger partial charge in [0.05, 0.1) is 5.69 Å². The maximum absolute atomic E-state index is 4.97. The maximum Gasteiger partial charge on any atom is 0.223 e. The lowest BCUT2D eigenvalue weighted by molar-refractivity contribution is 0.387. The molecule has 2 heterocycles. The van der Waals surface area contributed by atoms with Gasteiger partial charge in [-0.3, -0.25) is 4.68 Å². The molecule has 2 rings (SSSR count). The van der Waals surface area contributed by atoms with Gasteiger partial charge in [0, 0.05) is 32.3 Å². The highest BCUT2D eigenvalue weighted by Gasteiger charge is 2.14. The Morgan fingerprint density at radius 3 is 2.56 bits per heavy atom. The van der Waals surface area contributed by atoms with Crippen molar-refractivity contribution in [1.29, 1.82) is 0 Å². The molecule has 0 radical (unpaired) electrons. The molecular weight excluding hydrogens is 433 g/mol. The molecule has 0 bridgehead atoms. The number of aliphatic imine (C=N–C) groups is 1. The van der Waals surface area contributed by atoms with Gasteiger partial charge in [0.25, 0.3) is 0 Å². The SMILES string of the molecule is CCNC(=NCc1noc(C)n1)NC(C)Cc1c(C)nn(C)c1C.I. The lowest BCUT2D eigenvalue weighted by Gasteiger charge is -2.18. The number of rotatable bonds is 6. The molecule has 0 saturated carbocycles. The molecule has 0 saturated heterocycles. The van der Waals surface area contributed by atoms with E-state index in [9.17, 15) is 0 Å². The van der Waals surface area contributed by atoms with Crippen LogP contribution in [0, 0.1) is 20.8 Å². The van der Waals surface area contributed by atoms with Crippen LogP contribution in [0.3, 0.4) is 0 Å². The molecule has 140 valence electrons. The zero-order chi connectivity index (χ0) is 17.7. The van der Waals surface area contributed by atoms with E-state index in [2.05, 4.69) is 44.7 Å². The van der Waals surface area contributed by atoms with Gasteiger partial charge in [0.15, 0.2) is 11.8 Å². The Kier molecular flexibility index (Phi) is 8.33. The number of hydrogen-bond donors (Lipinski definition) is 2. The lowest BCUT2D eigenvalue weighted by Crippen LogP contribution is -2.43. The van der Waals surface area contributed by atoms with Gasteiger partial charge in [-0.15, -0.1) is 24.0 Å². The first kappa shape index (κ1) is 21.4. The van der Waals surface area contributed by atoms with E-state index in [-0.39, 0.29) is 30.0 Å². The number of guanidine groups is 1. The van der Waals surface area contributed by atoms with Crippen molar-refractivity contribution >= 4 is 29.9 Å². The van der Waals surface area contributed by atoms with Crippen LogP contribution in [0.15, 0.2) is 9.52 Å². The highest BCUT2D eigenvalue weighted by molar-refractivity contribution is 14.0. The van der Waals surface area contributed by atoms with E-state index in [0.29, 0.717) is 18.3 Å². The first-order valence-electron chi connectivity index (χ1n) is 8.23. The molecule has 25 heavy (non-hydrogen) atoms. The summed E-state index contributed by atoms with van der Waals surface area (Å²) in [7, 11) is 1.97. The molecule has 0 aliphatic carbocycles. The zero-order valence-electron chi connectivity index (χ0n) is 15.8. The summed E-state index contributed by atoms with van der Waals surface area (Å²) in [6.07, 6.45) is 0.886. The monoisotopic (exact) mass is 461 g/mol. The quantitative estimate of drug-likeness (QED) is 0.389. The van der Waals surface area contributed by atoms with E-state index in [1.54, 1.807) is 6.92 Å². The Morgan fingerprint density at radius 1 is 1.32 bits per heavy atom. The Hall–Kier alpha value is -1.65. The first-order chi connectivity index (χ1) is 11.4. The number of nitrogens with one attached hydrogen (secondary N) is 2. The Bertz CT molecular complexity index is 707. The Balaban J connectivity index is 0.00000312. The van der Waals surface area contributed by atoms with Crippen LogP contribution in [0.25, 0.3) is 0 Å². The van der Waals surface area contributed by atoms with E-state index in [4.69, 9.17) is 4.52 Å². The van der Waals surface area contributed by atoms with Crippen LogP contribution in [0.1, 0.15) is 42.5 Å². The van der Waals surface area contributed by atoms with Gasteiger partial charge in [-0.2, -0.15) is 10.1 Å². The molecule has 0 fully saturated rings. The molecule has 2 N–H and O–H groups in total. The molecular formula is C16H28IN7O. The molecule has 2 aromatic rings. The predicted octanol–water partition coefficient (Wildman–Crippen LogP) is 2.03. The van der Waals surface area contributed by atoms with Crippen molar-refractivity contribution in [2.24, 2.45) is 12.0 Å². The van der Waals surface area contributed by atoms with Crippen LogP contribution in [0.4, 0.5) is 0 Å². The second kappa shape index (κ2) is 9.73. The maximum atomic E-state index is 4.97. The van der Waals surface area contributed by atoms with E-state index >= 15 is 0 Å². The number of aryl methyl sites for hydroxylation is 3. The number of nitrogens with zero attached hydrogens (tertiary/aromatic N) is 5. The molecule has 0 aliphatic heterocycles. The van der Waals surface area contributed by atoms with E-state index in [0.717, 1.165) is 24.6 Å². The third-order valence-electron chi connectivity index (χ3n) is 3.84. The van der Waals surface area contributed by atoms with Crippen molar-refractivity contribution in [1.82, 2.24) is 30.6 Å². The summed E-state index contributed by atoms with van der Waals surface area (Å²) in [5, 5.41) is 15.0. The summed E-state index contributed by atoms with van der Waals surface area (Å²) in [5.41, 5.74) is 3.56. The lowest BCUT2D eigenvalue weighted by atomic mass is 10.1. The standard InChI is InChI=1S/C16H27N7O.HI/c1-7-17-16(18-9-15-20-13(5)24-22-15)19-10(2)8-14-11(3)21-23(6)12(14)4;/h10H,7-9H2,1-6H3,(H2,17,18,19);1H. The van der Waals surface area contributed by atoms with Crippen LogP contribution in [-0.4, -0.2) is 38.5 Å². The molecule has 1 atom stereocenters. The van der Waals surface area contributed by atoms with Crippen molar-refractivity contribution in [2.45, 2.75) is 53.6 Å². The summed E-state index contributed by atoms with van der Waals surface area (Å²) < 4.78 is 6.89. The van der Waals surface area contributed by atoms with E-state index in [1.807, 2.05) is 25.6 Å². The first-order valence-corrected chi connectivity index (χ1v) is 8.23. The largest absolute Gasteiger partial charge is 0.357 e. The van der Waals surface area contributed by atoms with Gasteiger partial charge in [-0.05, 0) is 39.7 Å². The second-order valence-electron chi connectivity index (χ2n) is 5.95. The van der Waals surface area contributed by atoms with Crippen molar-refractivity contribution in [3.8, 4) is 0 Å². The smallest absolute Gasteiger partial charge is 0.223 e. The van der Waals surface area contributed by atoms with Gasteiger partial charge in [-0.1, -0.05) is 5.16 Å². The molecule has 9 heteroatoms. The van der Waals surface area contributed by atoms with E-state index < -0.39 is 0 Å². The fraction of sp³-hybridized carbons (Fsp3) is 0.625. The van der Waals surface area contributed by atoms with Crippen molar-refractivity contribution in [3.63, 3.8) is 0 Å². The van der Waals surface area contributed by atoms with Crippen molar-refractivity contribution in [2.75, 3.05) is 6.54 Å². The van der Waals surface area contributed by atoms with Crippen LogP contribution in [-0.2, 0) is 20.0 Å². The average Bonchev–Trinajstić information content (AvgIpc) is 3.04. The van der Waals surface area contributed by atoms with Gasteiger partial charge in [-0.25, -0.2) is 4.99 Å². The van der Waals surface area contributed by atoms with Crippen molar-refractivity contribution < 1.29 is 4.52 Å². The van der Waals surface area contributed by atoms with Crippen LogP contribution < -0.4 is 10.6 Å². The minimum absolute atomic E-state index is 0. The van der Waals surface area contributed by atoms with E-state index in [1.165, 1.54) is 11.3 Å².